The zero-order valence-electron chi connectivity index (χ0n) is 16.2. The Labute approximate surface area is 168 Å². The molecule has 6 nitrogen and oxygen atoms in total. The van der Waals surface area contributed by atoms with Crippen LogP contribution in [0.15, 0.2) is 71.5 Å². The molecule has 1 aromatic heterocycles. The lowest BCUT2D eigenvalue weighted by molar-refractivity contribution is 0.0966. The van der Waals surface area contributed by atoms with Gasteiger partial charge in [0.05, 0.1) is 17.8 Å². The van der Waals surface area contributed by atoms with E-state index < -0.39 is 5.95 Å². The minimum absolute atomic E-state index is 0.155. The van der Waals surface area contributed by atoms with Gasteiger partial charge in [0.2, 0.25) is 11.8 Å². The number of amidine groups is 1. The first kappa shape index (κ1) is 18.9. The van der Waals surface area contributed by atoms with Crippen LogP contribution in [-0.2, 0) is 0 Å². The maximum absolute atomic E-state index is 13.1. The third-order valence-corrected chi connectivity index (χ3v) is 4.95. The number of pyridine rings is 1. The van der Waals surface area contributed by atoms with Gasteiger partial charge in [-0.15, -0.1) is 0 Å². The Bertz CT molecular complexity index is 1010. The lowest BCUT2D eigenvalue weighted by atomic mass is 10.1. The molecule has 1 aromatic carbocycles. The van der Waals surface area contributed by atoms with Crippen LogP contribution in [0, 0.1) is 5.95 Å². The van der Waals surface area contributed by atoms with Crippen LogP contribution >= 0.6 is 0 Å². The van der Waals surface area contributed by atoms with E-state index in [-0.39, 0.29) is 23.9 Å². The molecule has 2 unspecified atom stereocenters. The molecule has 2 aliphatic rings. The van der Waals surface area contributed by atoms with Gasteiger partial charge < -0.3 is 15.0 Å². The Hall–Kier alpha value is -3.48. The molecular formula is C22H21FN4O2. The van der Waals surface area contributed by atoms with Crippen molar-refractivity contribution in [1.29, 1.82) is 0 Å². The SMILES string of the molecule is CCC1N=C2C=CC(NC(=O)c3ccc(Oc4cccc(F)n4)cc3)=CN2C1C. The molecule has 4 rings (SSSR count). The number of allylic oxidation sites excluding steroid dienone is 1. The van der Waals surface area contributed by atoms with E-state index in [1.807, 2.05) is 18.4 Å². The van der Waals surface area contributed by atoms with Gasteiger partial charge in [0.15, 0.2) is 0 Å². The summed E-state index contributed by atoms with van der Waals surface area (Å²) in [7, 11) is 0. The molecule has 0 saturated heterocycles. The minimum Gasteiger partial charge on any atom is -0.439 e. The molecule has 2 aliphatic heterocycles. The topological polar surface area (TPSA) is 66.8 Å². The van der Waals surface area contributed by atoms with Gasteiger partial charge in [-0.05, 0) is 55.8 Å². The van der Waals surface area contributed by atoms with Crippen molar-refractivity contribution in [1.82, 2.24) is 15.2 Å². The fourth-order valence-corrected chi connectivity index (χ4v) is 3.36. The smallest absolute Gasteiger partial charge is 0.255 e. The second kappa shape index (κ2) is 7.87. The van der Waals surface area contributed by atoms with Crippen molar-refractivity contribution in [3.8, 4) is 11.6 Å². The number of nitrogens with zero attached hydrogens (tertiary/aromatic N) is 3. The zero-order chi connectivity index (χ0) is 20.4. The van der Waals surface area contributed by atoms with Gasteiger partial charge in [0.1, 0.15) is 11.6 Å². The van der Waals surface area contributed by atoms with Gasteiger partial charge in [0, 0.05) is 17.8 Å². The van der Waals surface area contributed by atoms with Crippen LogP contribution in [-0.4, -0.2) is 33.7 Å². The molecule has 148 valence electrons. The highest BCUT2D eigenvalue weighted by atomic mass is 19.1. The number of hydrogen-bond donors (Lipinski definition) is 1. The third kappa shape index (κ3) is 4.03. The number of rotatable bonds is 5. The molecule has 29 heavy (non-hydrogen) atoms. The lowest BCUT2D eigenvalue weighted by Gasteiger charge is -2.26. The monoisotopic (exact) mass is 392 g/mol. The molecule has 0 spiro atoms. The van der Waals surface area contributed by atoms with Crippen LogP contribution < -0.4 is 10.1 Å². The average molecular weight is 392 g/mol. The minimum atomic E-state index is -0.613. The first-order valence-electron chi connectivity index (χ1n) is 9.51. The van der Waals surface area contributed by atoms with E-state index >= 15 is 0 Å². The largest absolute Gasteiger partial charge is 0.439 e. The summed E-state index contributed by atoms with van der Waals surface area (Å²) in [6.07, 6.45) is 6.67. The van der Waals surface area contributed by atoms with Crippen molar-refractivity contribution in [2.45, 2.75) is 32.4 Å². The molecule has 0 saturated carbocycles. The lowest BCUT2D eigenvalue weighted by Crippen LogP contribution is -2.36. The second-order valence-corrected chi connectivity index (χ2v) is 6.91. The maximum atomic E-state index is 13.1. The van der Waals surface area contributed by atoms with E-state index in [0.717, 1.165) is 12.3 Å². The highest BCUT2D eigenvalue weighted by Gasteiger charge is 2.31. The van der Waals surface area contributed by atoms with Crippen LogP contribution in [0.5, 0.6) is 11.6 Å². The van der Waals surface area contributed by atoms with Gasteiger partial charge in [-0.1, -0.05) is 13.0 Å². The van der Waals surface area contributed by atoms with Gasteiger partial charge in [0.25, 0.3) is 5.91 Å². The molecular weight excluding hydrogens is 371 g/mol. The van der Waals surface area contributed by atoms with Crippen LogP contribution in [0.1, 0.15) is 30.6 Å². The number of nitrogens with one attached hydrogen (secondary N) is 1. The highest BCUT2D eigenvalue weighted by Crippen LogP contribution is 2.25. The number of benzene rings is 1. The fourth-order valence-electron chi connectivity index (χ4n) is 3.36. The Morgan fingerprint density at radius 2 is 2.00 bits per heavy atom. The number of ether oxygens (including phenoxy) is 1. The molecule has 2 aromatic rings. The number of halogens is 1. The summed E-state index contributed by atoms with van der Waals surface area (Å²) < 4.78 is 18.6. The molecule has 1 N–H and O–H groups in total. The van der Waals surface area contributed by atoms with Crippen molar-refractivity contribution in [3.63, 3.8) is 0 Å². The van der Waals surface area contributed by atoms with E-state index in [4.69, 9.17) is 4.74 Å². The van der Waals surface area contributed by atoms with Crippen LogP contribution in [0.2, 0.25) is 0 Å². The molecule has 0 fully saturated rings. The Balaban J connectivity index is 1.41. The average Bonchev–Trinajstić information content (AvgIpc) is 3.04. The number of fused-ring (bicyclic) bond motifs is 1. The van der Waals surface area contributed by atoms with Crippen LogP contribution in [0.3, 0.4) is 0 Å². The van der Waals surface area contributed by atoms with Gasteiger partial charge >= 0.3 is 0 Å². The molecule has 2 atom stereocenters. The maximum Gasteiger partial charge on any atom is 0.255 e. The summed E-state index contributed by atoms with van der Waals surface area (Å²) in [6.45, 7) is 4.25. The van der Waals surface area contributed by atoms with Crippen molar-refractivity contribution < 1.29 is 13.9 Å². The Morgan fingerprint density at radius 1 is 1.21 bits per heavy atom. The quantitative estimate of drug-likeness (QED) is 0.780. The van der Waals surface area contributed by atoms with Crippen LogP contribution in [0.4, 0.5) is 4.39 Å². The van der Waals surface area contributed by atoms with Crippen molar-refractivity contribution >= 4 is 11.7 Å². The molecule has 7 heteroatoms. The summed E-state index contributed by atoms with van der Waals surface area (Å²) >= 11 is 0. The third-order valence-electron chi connectivity index (χ3n) is 4.95. The van der Waals surface area contributed by atoms with Crippen LogP contribution in [0.25, 0.3) is 0 Å². The first-order chi connectivity index (χ1) is 14.0. The van der Waals surface area contributed by atoms with Gasteiger partial charge in [-0.3, -0.25) is 9.79 Å². The van der Waals surface area contributed by atoms with E-state index in [1.165, 1.54) is 12.1 Å². The van der Waals surface area contributed by atoms with Crippen molar-refractivity contribution in [2.75, 3.05) is 0 Å². The molecule has 0 aliphatic carbocycles. The first-order valence-corrected chi connectivity index (χ1v) is 9.51. The van der Waals surface area contributed by atoms with Gasteiger partial charge in [-0.25, -0.2) is 0 Å². The number of amides is 1. The summed E-state index contributed by atoms with van der Waals surface area (Å²) in [5.41, 5.74) is 1.20. The second-order valence-electron chi connectivity index (χ2n) is 6.91. The normalized spacial score (nSPS) is 20.0. The van der Waals surface area contributed by atoms with E-state index in [0.29, 0.717) is 17.0 Å². The predicted molar refractivity (Wildman–Crippen MR) is 108 cm³/mol. The number of hydrogen-bond acceptors (Lipinski definition) is 5. The predicted octanol–water partition coefficient (Wildman–Crippen LogP) is 4.04. The van der Waals surface area contributed by atoms with Crippen molar-refractivity contribution in [2.24, 2.45) is 4.99 Å². The summed E-state index contributed by atoms with van der Waals surface area (Å²) in [5.74, 6) is 0.708. The zero-order valence-corrected chi connectivity index (χ0v) is 16.2. The van der Waals surface area contributed by atoms with Crippen molar-refractivity contribution in [3.05, 3.63) is 78.0 Å². The summed E-state index contributed by atoms with van der Waals surface area (Å²) in [4.78, 5) is 23.0. The molecule has 3 heterocycles. The fraction of sp³-hybridized carbons (Fsp3) is 0.227. The Kier molecular flexibility index (Phi) is 5.12. The van der Waals surface area contributed by atoms with E-state index in [1.54, 1.807) is 30.3 Å². The number of aliphatic imine (C=N–C) groups is 1. The van der Waals surface area contributed by atoms with E-state index in [2.05, 4.69) is 34.0 Å². The molecule has 0 bridgehead atoms. The molecule has 0 radical (unpaired) electrons. The standard InChI is InChI=1S/C22H21FN4O2/c1-3-18-14(2)27-13-16(9-12-20(27)25-18)24-22(28)15-7-10-17(11-8-15)29-21-6-4-5-19(23)26-21/h4-14,18H,3H2,1-2H3,(H,24,28). The highest BCUT2D eigenvalue weighted by molar-refractivity contribution is 5.99. The Morgan fingerprint density at radius 3 is 2.72 bits per heavy atom. The summed E-state index contributed by atoms with van der Waals surface area (Å²) in [5, 5.41) is 2.91. The number of carbonyl (C=O) groups excluding carboxylic acids is 1. The van der Waals surface area contributed by atoms with E-state index in [9.17, 15) is 9.18 Å². The number of aromatic nitrogens is 1. The molecule has 1 amide bonds. The number of carbonyl (C=O) groups is 1. The van der Waals surface area contributed by atoms with Gasteiger partial charge in [-0.2, -0.15) is 9.37 Å². The summed E-state index contributed by atoms with van der Waals surface area (Å²) in [6, 6.07) is 11.4.